The van der Waals surface area contributed by atoms with E-state index in [0.29, 0.717) is 19.1 Å². The molecule has 1 aliphatic rings. The van der Waals surface area contributed by atoms with E-state index in [4.69, 9.17) is 0 Å². The minimum Gasteiger partial charge on any atom is -0.315 e. The topological polar surface area (TPSA) is 18.5 Å². The van der Waals surface area contributed by atoms with Gasteiger partial charge in [-0.3, -0.25) is 9.80 Å². The summed E-state index contributed by atoms with van der Waals surface area (Å²) < 4.78 is 36.9. The highest BCUT2D eigenvalue weighted by atomic mass is 19.4. The predicted octanol–water partition coefficient (Wildman–Crippen LogP) is 2.33. The molecule has 0 aromatic rings. The Labute approximate surface area is 120 Å². The Bertz CT molecular complexity index is 251. The van der Waals surface area contributed by atoms with Gasteiger partial charge < -0.3 is 5.32 Å². The zero-order chi connectivity index (χ0) is 15.0. The maximum atomic E-state index is 12.3. The van der Waals surface area contributed by atoms with Gasteiger partial charge in [-0.2, -0.15) is 13.2 Å². The molecule has 0 aliphatic carbocycles. The molecular weight excluding hydrogens is 267 g/mol. The quantitative estimate of drug-likeness (QED) is 0.693. The lowest BCUT2D eigenvalue weighted by atomic mass is 10.2. The SMILES string of the molecule is CCCCCNCC(C)N1CCN(CC(F)(F)F)CC1. The number of piperazine rings is 1. The van der Waals surface area contributed by atoms with E-state index in [2.05, 4.69) is 24.1 Å². The summed E-state index contributed by atoms with van der Waals surface area (Å²) >= 11 is 0. The van der Waals surface area contributed by atoms with Gasteiger partial charge >= 0.3 is 6.18 Å². The molecule has 0 radical (unpaired) electrons. The van der Waals surface area contributed by atoms with Crippen LogP contribution in [0.15, 0.2) is 0 Å². The lowest BCUT2D eigenvalue weighted by molar-refractivity contribution is -0.149. The van der Waals surface area contributed by atoms with Gasteiger partial charge in [-0.05, 0) is 19.9 Å². The Morgan fingerprint density at radius 3 is 2.30 bits per heavy atom. The first kappa shape index (κ1) is 17.7. The molecule has 0 aromatic heterocycles. The predicted molar refractivity (Wildman–Crippen MR) is 75.9 cm³/mol. The first-order valence-electron chi connectivity index (χ1n) is 7.66. The van der Waals surface area contributed by atoms with Crippen molar-refractivity contribution in [1.29, 1.82) is 0 Å². The van der Waals surface area contributed by atoms with Gasteiger partial charge in [0.1, 0.15) is 0 Å². The third-order valence-electron chi connectivity index (χ3n) is 3.83. The average Bonchev–Trinajstić information content (AvgIpc) is 2.37. The lowest BCUT2D eigenvalue weighted by Gasteiger charge is -2.38. The van der Waals surface area contributed by atoms with Crippen molar-refractivity contribution in [1.82, 2.24) is 15.1 Å². The molecule has 1 atom stereocenters. The van der Waals surface area contributed by atoms with E-state index < -0.39 is 12.7 Å². The summed E-state index contributed by atoms with van der Waals surface area (Å²) in [5.41, 5.74) is 0. The number of nitrogens with zero attached hydrogens (tertiary/aromatic N) is 2. The fourth-order valence-electron chi connectivity index (χ4n) is 2.56. The fourth-order valence-corrected chi connectivity index (χ4v) is 2.56. The molecule has 3 nitrogen and oxygen atoms in total. The summed E-state index contributed by atoms with van der Waals surface area (Å²) in [7, 11) is 0. The molecule has 1 aliphatic heterocycles. The summed E-state index contributed by atoms with van der Waals surface area (Å²) in [6, 6.07) is 0.393. The zero-order valence-electron chi connectivity index (χ0n) is 12.7. The van der Waals surface area contributed by atoms with Crippen LogP contribution in [0.4, 0.5) is 13.2 Å². The molecule has 6 heteroatoms. The lowest BCUT2D eigenvalue weighted by Crippen LogP contribution is -2.53. The van der Waals surface area contributed by atoms with Crippen LogP contribution in [0.5, 0.6) is 0 Å². The number of hydrogen-bond donors (Lipinski definition) is 1. The second-order valence-corrected chi connectivity index (χ2v) is 5.69. The van der Waals surface area contributed by atoms with E-state index in [0.717, 1.165) is 26.2 Å². The summed E-state index contributed by atoms with van der Waals surface area (Å²) in [4.78, 5) is 3.78. The molecule has 0 aromatic carbocycles. The Kier molecular flexibility index (Phi) is 7.84. The van der Waals surface area contributed by atoms with Gasteiger partial charge in [0.15, 0.2) is 0 Å². The maximum absolute atomic E-state index is 12.3. The summed E-state index contributed by atoms with van der Waals surface area (Å²) in [6.45, 7) is 8.00. The molecule has 0 bridgehead atoms. The Hall–Kier alpha value is -0.330. The largest absolute Gasteiger partial charge is 0.401 e. The van der Waals surface area contributed by atoms with Gasteiger partial charge in [0.25, 0.3) is 0 Å². The molecule has 1 saturated heterocycles. The first-order chi connectivity index (χ1) is 9.42. The normalized spacial score (nSPS) is 20.2. The maximum Gasteiger partial charge on any atom is 0.401 e. The van der Waals surface area contributed by atoms with E-state index >= 15 is 0 Å². The average molecular weight is 295 g/mol. The van der Waals surface area contributed by atoms with Crippen LogP contribution in [0, 0.1) is 0 Å². The van der Waals surface area contributed by atoms with E-state index in [-0.39, 0.29) is 0 Å². The van der Waals surface area contributed by atoms with Crippen molar-refractivity contribution in [3.8, 4) is 0 Å². The van der Waals surface area contributed by atoms with Gasteiger partial charge in [-0.1, -0.05) is 19.8 Å². The van der Waals surface area contributed by atoms with Crippen molar-refractivity contribution in [2.45, 2.75) is 45.3 Å². The molecule has 20 heavy (non-hydrogen) atoms. The number of alkyl halides is 3. The monoisotopic (exact) mass is 295 g/mol. The molecule has 1 fully saturated rings. The number of hydrogen-bond acceptors (Lipinski definition) is 3. The second kappa shape index (κ2) is 8.85. The van der Waals surface area contributed by atoms with E-state index in [9.17, 15) is 13.2 Å². The second-order valence-electron chi connectivity index (χ2n) is 5.69. The molecule has 0 saturated carbocycles. The number of rotatable bonds is 8. The van der Waals surface area contributed by atoms with Crippen LogP contribution >= 0.6 is 0 Å². The molecule has 1 unspecified atom stereocenters. The van der Waals surface area contributed by atoms with E-state index in [1.807, 2.05) is 0 Å². The molecule has 1 N–H and O–H groups in total. The Morgan fingerprint density at radius 2 is 1.75 bits per heavy atom. The highest BCUT2D eigenvalue weighted by molar-refractivity contribution is 4.78. The van der Waals surface area contributed by atoms with Crippen molar-refractivity contribution >= 4 is 0 Å². The number of halogens is 3. The molecule has 0 amide bonds. The van der Waals surface area contributed by atoms with Crippen molar-refractivity contribution in [2.24, 2.45) is 0 Å². The minimum atomic E-state index is -4.07. The smallest absolute Gasteiger partial charge is 0.315 e. The van der Waals surface area contributed by atoms with E-state index in [1.165, 1.54) is 24.2 Å². The van der Waals surface area contributed by atoms with Crippen LogP contribution in [-0.2, 0) is 0 Å². The fraction of sp³-hybridized carbons (Fsp3) is 1.00. The van der Waals surface area contributed by atoms with Gasteiger partial charge in [0.2, 0.25) is 0 Å². The van der Waals surface area contributed by atoms with Crippen LogP contribution in [0.25, 0.3) is 0 Å². The molecule has 120 valence electrons. The molecule has 1 heterocycles. The summed E-state index contributed by atoms with van der Waals surface area (Å²) in [5, 5.41) is 3.43. The summed E-state index contributed by atoms with van der Waals surface area (Å²) in [5.74, 6) is 0. The van der Waals surface area contributed by atoms with Crippen molar-refractivity contribution < 1.29 is 13.2 Å². The van der Waals surface area contributed by atoms with Crippen LogP contribution in [0.3, 0.4) is 0 Å². The van der Waals surface area contributed by atoms with Gasteiger partial charge in [0.05, 0.1) is 6.54 Å². The molecular formula is C14H28F3N3. The number of unbranched alkanes of at least 4 members (excludes halogenated alkanes) is 2. The van der Waals surface area contributed by atoms with Crippen molar-refractivity contribution in [3.63, 3.8) is 0 Å². The summed E-state index contributed by atoms with van der Waals surface area (Å²) in [6.07, 6.45) is -0.410. The molecule has 0 spiro atoms. The third kappa shape index (κ3) is 7.45. The van der Waals surface area contributed by atoms with Crippen LogP contribution in [0.1, 0.15) is 33.1 Å². The molecule has 1 rings (SSSR count). The van der Waals surface area contributed by atoms with Gasteiger partial charge in [0, 0.05) is 38.8 Å². The minimum absolute atomic E-state index is 0.393. The van der Waals surface area contributed by atoms with Gasteiger partial charge in [-0.15, -0.1) is 0 Å². The first-order valence-corrected chi connectivity index (χ1v) is 7.66. The van der Waals surface area contributed by atoms with Crippen LogP contribution in [-0.4, -0.2) is 67.8 Å². The van der Waals surface area contributed by atoms with E-state index in [1.54, 1.807) is 0 Å². The highest BCUT2D eigenvalue weighted by Gasteiger charge is 2.32. The standard InChI is InChI=1S/C14H28F3N3/c1-3-4-5-6-18-11-13(2)20-9-7-19(8-10-20)12-14(15,16)17/h13,18H,3-12H2,1-2H3. The van der Waals surface area contributed by atoms with Crippen molar-refractivity contribution in [2.75, 3.05) is 45.8 Å². The van der Waals surface area contributed by atoms with Crippen LogP contribution in [0.2, 0.25) is 0 Å². The van der Waals surface area contributed by atoms with Gasteiger partial charge in [-0.25, -0.2) is 0 Å². The zero-order valence-corrected chi connectivity index (χ0v) is 12.7. The third-order valence-corrected chi connectivity index (χ3v) is 3.83. The number of nitrogens with one attached hydrogen (secondary N) is 1. The van der Waals surface area contributed by atoms with Crippen molar-refractivity contribution in [3.05, 3.63) is 0 Å². The van der Waals surface area contributed by atoms with Crippen LogP contribution < -0.4 is 5.32 Å². The Morgan fingerprint density at radius 1 is 1.10 bits per heavy atom. The highest BCUT2D eigenvalue weighted by Crippen LogP contribution is 2.17. The Balaban J connectivity index is 2.14.